The molecule has 3 N–H and O–H groups in total. The maximum absolute atomic E-state index is 15.1. The van der Waals surface area contributed by atoms with Crippen LogP contribution in [-0.4, -0.2) is 34.2 Å². The molecule has 4 heterocycles. The number of anilines is 2. The van der Waals surface area contributed by atoms with E-state index in [1.54, 1.807) is 13.8 Å². The van der Waals surface area contributed by atoms with E-state index in [0.717, 1.165) is 6.20 Å². The molecule has 1 aromatic carbocycles. The Kier molecular flexibility index (Phi) is 4.71. The maximum atomic E-state index is 15.1. The first-order valence-corrected chi connectivity index (χ1v) is 12.2. The predicted octanol–water partition coefficient (Wildman–Crippen LogP) is 4.23. The number of halogens is 3. The molecular weight excluding hydrogens is 472 g/mol. The van der Waals surface area contributed by atoms with Gasteiger partial charge in [0.05, 0.1) is 16.5 Å². The highest BCUT2D eigenvalue weighted by atomic mass is 35.5. The van der Waals surface area contributed by atoms with Crippen molar-refractivity contribution in [3.05, 3.63) is 58.9 Å². The van der Waals surface area contributed by atoms with Gasteiger partial charge in [0.25, 0.3) is 0 Å². The number of nitrogens with two attached hydrogens (primary N) is 1. The zero-order chi connectivity index (χ0) is 23.8. The number of aromatic nitrogens is 2. The summed E-state index contributed by atoms with van der Waals surface area (Å²) in [6.07, 6.45) is 3.07. The lowest BCUT2D eigenvalue weighted by atomic mass is 9.86. The standard InChI is InChI=1S/C22H20ClF2N5O2S/c1-21-6-5-17(33(21,31)32)22(2,30-20(21)26)14-8-12(3-4-15(14)24)29-19-18-13(16(25)10-28-19)7-11(23)9-27-18/h3-4,7-10,17H,5-6H2,1-2H3,(H2,26,30)(H,28,29)/t17-,21+,22-/m1/s1. The maximum Gasteiger partial charge on any atom is 0.168 e. The number of nitrogens with zero attached hydrogens (tertiary/aromatic N) is 3. The van der Waals surface area contributed by atoms with Crippen LogP contribution in [0.4, 0.5) is 20.3 Å². The van der Waals surface area contributed by atoms with Crippen molar-refractivity contribution in [3.63, 3.8) is 0 Å². The molecule has 7 nitrogen and oxygen atoms in total. The molecule has 3 atom stereocenters. The Morgan fingerprint density at radius 2 is 1.91 bits per heavy atom. The molecule has 33 heavy (non-hydrogen) atoms. The minimum atomic E-state index is -3.68. The highest BCUT2D eigenvalue weighted by molar-refractivity contribution is 7.94. The second-order valence-electron chi connectivity index (χ2n) is 8.77. The second kappa shape index (κ2) is 7.07. The van der Waals surface area contributed by atoms with Crippen molar-refractivity contribution < 1.29 is 17.2 Å². The highest BCUT2D eigenvalue weighted by Gasteiger charge is 2.63. The van der Waals surface area contributed by atoms with Gasteiger partial charge < -0.3 is 11.1 Å². The summed E-state index contributed by atoms with van der Waals surface area (Å²) in [5.41, 5.74) is 5.45. The zero-order valence-electron chi connectivity index (χ0n) is 17.7. The Morgan fingerprint density at radius 3 is 2.67 bits per heavy atom. The summed E-state index contributed by atoms with van der Waals surface area (Å²) in [7, 11) is -3.68. The van der Waals surface area contributed by atoms with Gasteiger partial charge in [0.15, 0.2) is 21.5 Å². The van der Waals surface area contributed by atoms with Crippen molar-refractivity contribution in [2.45, 2.75) is 42.2 Å². The Labute approximate surface area is 194 Å². The Balaban J connectivity index is 1.61. The largest absolute Gasteiger partial charge is 0.386 e. The van der Waals surface area contributed by atoms with Crippen LogP contribution < -0.4 is 11.1 Å². The van der Waals surface area contributed by atoms with Gasteiger partial charge in [-0.05, 0) is 51.0 Å². The molecule has 2 bridgehead atoms. The smallest absolute Gasteiger partial charge is 0.168 e. The summed E-state index contributed by atoms with van der Waals surface area (Å²) >= 11 is 5.93. The van der Waals surface area contributed by atoms with Crippen molar-refractivity contribution in [2.24, 2.45) is 10.7 Å². The van der Waals surface area contributed by atoms with Crippen LogP contribution in [0.15, 0.2) is 41.7 Å². The molecule has 0 aliphatic carbocycles. The fourth-order valence-electron chi connectivity index (χ4n) is 4.83. The molecule has 3 aromatic rings. The highest BCUT2D eigenvalue weighted by Crippen LogP contribution is 2.51. The number of benzene rings is 1. The van der Waals surface area contributed by atoms with Crippen LogP contribution in [0.3, 0.4) is 0 Å². The fourth-order valence-corrected chi connectivity index (χ4v) is 7.57. The number of aliphatic imine (C=N–C) groups is 1. The van der Waals surface area contributed by atoms with Gasteiger partial charge in [0.2, 0.25) is 0 Å². The van der Waals surface area contributed by atoms with Gasteiger partial charge in [-0.2, -0.15) is 0 Å². The minimum Gasteiger partial charge on any atom is -0.386 e. The number of rotatable bonds is 3. The third-order valence-electron chi connectivity index (χ3n) is 6.82. The molecule has 172 valence electrons. The molecule has 1 fully saturated rings. The Hall–Kier alpha value is -2.85. The topological polar surface area (TPSA) is 110 Å². The van der Waals surface area contributed by atoms with Gasteiger partial charge in [0, 0.05) is 22.8 Å². The third-order valence-corrected chi connectivity index (χ3v) is 10.1. The van der Waals surface area contributed by atoms with Crippen molar-refractivity contribution in [1.82, 2.24) is 9.97 Å². The van der Waals surface area contributed by atoms with Gasteiger partial charge in [0.1, 0.15) is 27.5 Å². The number of sulfone groups is 1. The Bertz CT molecular complexity index is 1460. The SMILES string of the molecule is C[C@]12CC[C@H]([C@@](C)(c3cc(Nc4ncc(F)c5cc(Cl)cnc45)ccc3F)N=C1N)S2(=O)=O. The fraction of sp³-hybridized carbons (Fsp3) is 0.318. The van der Waals surface area contributed by atoms with E-state index in [4.69, 9.17) is 17.3 Å². The lowest BCUT2D eigenvalue weighted by molar-refractivity contribution is 0.423. The molecule has 1 saturated heterocycles. The number of amidine groups is 1. The summed E-state index contributed by atoms with van der Waals surface area (Å²) in [6.45, 7) is 3.16. The summed E-state index contributed by atoms with van der Waals surface area (Å²) in [6, 6.07) is 5.61. The van der Waals surface area contributed by atoms with Crippen molar-refractivity contribution in [3.8, 4) is 0 Å². The second-order valence-corrected chi connectivity index (χ2v) is 11.8. The molecule has 0 saturated carbocycles. The van der Waals surface area contributed by atoms with Crippen molar-refractivity contribution in [2.75, 3.05) is 5.32 Å². The average molecular weight is 492 g/mol. The summed E-state index contributed by atoms with van der Waals surface area (Å²) < 4.78 is 54.5. The summed E-state index contributed by atoms with van der Waals surface area (Å²) in [5.74, 6) is -0.964. The van der Waals surface area contributed by atoms with E-state index < -0.39 is 37.0 Å². The lowest BCUT2D eigenvalue weighted by Gasteiger charge is -2.39. The molecule has 0 radical (unpaired) electrons. The van der Waals surface area contributed by atoms with E-state index in [1.807, 2.05) is 0 Å². The quantitative estimate of drug-likeness (QED) is 0.567. The number of nitrogens with one attached hydrogen (secondary N) is 1. The molecule has 11 heteroatoms. The van der Waals surface area contributed by atoms with Gasteiger partial charge >= 0.3 is 0 Å². The first-order chi connectivity index (χ1) is 15.5. The van der Waals surface area contributed by atoms with Crippen molar-refractivity contribution in [1.29, 1.82) is 0 Å². The van der Waals surface area contributed by atoms with Crippen LogP contribution in [0.1, 0.15) is 32.3 Å². The van der Waals surface area contributed by atoms with Crippen LogP contribution >= 0.6 is 11.6 Å². The van der Waals surface area contributed by atoms with E-state index >= 15 is 4.39 Å². The van der Waals surface area contributed by atoms with E-state index in [2.05, 4.69) is 20.3 Å². The molecule has 0 unspecified atom stereocenters. The van der Waals surface area contributed by atoms with Crippen molar-refractivity contribution >= 4 is 49.7 Å². The van der Waals surface area contributed by atoms with Gasteiger partial charge in [-0.3, -0.25) is 9.98 Å². The molecular formula is C22H20ClF2N5O2S. The van der Waals surface area contributed by atoms with Crippen LogP contribution in [0.25, 0.3) is 10.9 Å². The molecule has 5 rings (SSSR count). The monoisotopic (exact) mass is 491 g/mol. The molecule has 0 spiro atoms. The van der Waals surface area contributed by atoms with Crippen LogP contribution in [0.2, 0.25) is 5.02 Å². The number of fused-ring (bicyclic) bond motifs is 3. The number of hydrogen-bond donors (Lipinski definition) is 2. The van der Waals surface area contributed by atoms with Crippen LogP contribution in [0.5, 0.6) is 0 Å². The summed E-state index contributed by atoms with van der Waals surface area (Å²) in [4.78, 5) is 12.7. The molecule has 2 aliphatic rings. The first-order valence-electron chi connectivity index (χ1n) is 10.2. The molecule has 2 aromatic heterocycles. The lowest BCUT2D eigenvalue weighted by Crippen LogP contribution is -2.55. The van der Waals surface area contributed by atoms with E-state index in [-0.39, 0.29) is 33.1 Å². The van der Waals surface area contributed by atoms with Crippen LogP contribution in [0, 0.1) is 11.6 Å². The first kappa shape index (κ1) is 22.0. The summed E-state index contributed by atoms with van der Waals surface area (Å²) in [5, 5.41) is 2.57. The normalized spacial score (nSPS) is 28.0. The number of hydrogen-bond acceptors (Lipinski definition) is 7. The van der Waals surface area contributed by atoms with Gasteiger partial charge in [-0.1, -0.05) is 11.6 Å². The zero-order valence-corrected chi connectivity index (χ0v) is 19.3. The van der Waals surface area contributed by atoms with E-state index in [1.165, 1.54) is 30.5 Å². The third kappa shape index (κ3) is 3.03. The Morgan fingerprint density at radius 1 is 1.15 bits per heavy atom. The average Bonchev–Trinajstić information content (AvgIpc) is 2.94. The van der Waals surface area contributed by atoms with E-state index in [9.17, 15) is 12.8 Å². The van der Waals surface area contributed by atoms with Gasteiger partial charge in [-0.15, -0.1) is 0 Å². The predicted molar refractivity (Wildman–Crippen MR) is 124 cm³/mol. The van der Waals surface area contributed by atoms with E-state index in [0.29, 0.717) is 18.5 Å². The van der Waals surface area contributed by atoms with Crippen LogP contribution in [-0.2, 0) is 15.4 Å². The minimum absolute atomic E-state index is 0.0104. The molecule has 2 aliphatic heterocycles. The number of pyridine rings is 2. The molecule has 0 amide bonds. The van der Waals surface area contributed by atoms with Gasteiger partial charge in [-0.25, -0.2) is 22.2 Å².